The molecule has 0 spiro atoms. The van der Waals surface area contributed by atoms with Crippen LogP contribution in [0.4, 0.5) is 11.4 Å². The normalized spacial score (nSPS) is 10.2. The minimum absolute atomic E-state index is 0.0845. The van der Waals surface area contributed by atoms with Gasteiger partial charge in [0.1, 0.15) is 0 Å². The van der Waals surface area contributed by atoms with Crippen LogP contribution in [-0.4, -0.2) is 13.0 Å². The van der Waals surface area contributed by atoms with Crippen LogP contribution in [0, 0.1) is 6.92 Å². The van der Waals surface area contributed by atoms with Crippen molar-refractivity contribution in [1.82, 2.24) is 5.32 Å². The fraction of sp³-hybridized carbons (Fsp3) is 0.214. The third-order valence-electron chi connectivity index (χ3n) is 2.95. The number of nitrogens with one attached hydrogen (secondary N) is 2. The lowest BCUT2D eigenvalue weighted by Gasteiger charge is -2.11. The summed E-state index contributed by atoms with van der Waals surface area (Å²) in [5, 5.41) is 7.92. The summed E-state index contributed by atoms with van der Waals surface area (Å²) in [5.74, 6) is -0.0845. The van der Waals surface area contributed by atoms with Crippen LogP contribution in [0.2, 0.25) is 0 Å². The molecule has 0 radical (unpaired) electrons. The Hall–Kier alpha value is -2.01. The van der Waals surface area contributed by atoms with Gasteiger partial charge in [-0.05, 0) is 36.1 Å². The number of rotatable bonds is 4. The van der Waals surface area contributed by atoms with E-state index in [0.29, 0.717) is 12.1 Å². The van der Waals surface area contributed by atoms with Crippen molar-refractivity contribution in [3.8, 4) is 0 Å². The Morgan fingerprint density at radius 1 is 1.37 bits per heavy atom. The molecule has 0 bridgehead atoms. The summed E-state index contributed by atoms with van der Waals surface area (Å²) in [4.78, 5) is 12.7. The van der Waals surface area contributed by atoms with Gasteiger partial charge in [-0.1, -0.05) is 6.07 Å². The zero-order chi connectivity index (χ0) is 13.8. The average molecular weight is 275 g/mol. The number of hydrogen-bond donors (Lipinski definition) is 3. The smallest absolute Gasteiger partial charge is 0.251 e. The highest BCUT2D eigenvalue weighted by Crippen LogP contribution is 2.22. The van der Waals surface area contributed by atoms with Gasteiger partial charge >= 0.3 is 0 Å². The monoisotopic (exact) mass is 275 g/mol. The van der Waals surface area contributed by atoms with E-state index in [1.165, 1.54) is 0 Å². The molecule has 0 saturated carbocycles. The van der Waals surface area contributed by atoms with Gasteiger partial charge in [0, 0.05) is 28.9 Å². The van der Waals surface area contributed by atoms with Crippen molar-refractivity contribution in [2.75, 3.05) is 18.1 Å². The molecular formula is C14H17N3OS. The fourth-order valence-corrected chi connectivity index (χ4v) is 2.51. The van der Waals surface area contributed by atoms with Crippen LogP contribution < -0.4 is 16.4 Å². The molecule has 0 aliphatic carbocycles. The van der Waals surface area contributed by atoms with Crippen LogP contribution in [-0.2, 0) is 6.54 Å². The summed E-state index contributed by atoms with van der Waals surface area (Å²) in [7, 11) is 1.63. The molecule has 100 valence electrons. The van der Waals surface area contributed by atoms with Gasteiger partial charge in [0.25, 0.3) is 5.91 Å². The number of amides is 1. The van der Waals surface area contributed by atoms with Gasteiger partial charge in [-0.15, -0.1) is 11.3 Å². The molecule has 1 aromatic heterocycles. The molecule has 4 N–H and O–H groups in total. The molecule has 1 heterocycles. The maximum Gasteiger partial charge on any atom is 0.251 e. The number of nitrogens with two attached hydrogens (primary N) is 1. The lowest BCUT2D eigenvalue weighted by atomic mass is 10.1. The zero-order valence-electron chi connectivity index (χ0n) is 11.0. The molecule has 0 saturated heterocycles. The average Bonchev–Trinajstić information content (AvgIpc) is 2.82. The second kappa shape index (κ2) is 5.75. The molecule has 0 aliphatic heterocycles. The molecule has 2 rings (SSSR count). The quantitative estimate of drug-likeness (QED) is 0.803. The van der Waals surface area contributed by atoms with E-state index >= 15 is 0 Å². The van der Waals surface area contributed by atoms with Gasteiger partial charge in [0.15, 0.2) is 0 Å². The number of nitrogen functional groups attached to an aromatic ring is 1. The van der Waals surface area contributed by atoms with Crippen LogP contribution in [0.5, 0.6) is 0 Å². The predicted octanol–water partition coefficient (Wildman–Crippen LogP) is 2.61. The molecule has 0 atom stereocenters. The van der Waals surface area contributed by atoms with Crippen LogP contribution in [0.15, 0.2) is 29.6 Å². The van der Waals surface area contributed by atoms with E-state index in [1.54, 1.807) is 18.4 Å². The molecule has 1 amide bonds. The first-order valence-electron chi connectivity index (χ1n) is 6.00. The standard InChI is InChI=1S/C14H17N3OS/c1-9-3-4-10(14(18)16-2)7-12(9)17-8-13-11(15)5-6-19-13/h3-7,17H,8,15H2,1-2H3,(H,16,18). The highest BCUT2D eigenvalue weighted by atomic mass is 32.1. The van der Waals surface area contributed by atoms with E-state index in [1.807, 2.05) is 36.6 Å². The van der Waals surface area contributed by atoms with Crippen molar-refractivity contribution in [1.29, 1.82) is 0 Å². The van der Waals surface area contributed by atoms with Crippen LogP contribution in [0.1, 0.15) is 20.8 Å². The van der Waals surface area contributed by atoms with Gasteiger partial charge < -0.3 is 16.4 Å². The number of anilines is 2. The van der Waals surface area contributed by atoms with Gasteiger partial charge in [0.05, 0.1) is 6.54 Å². The van der Waals surface area contributed by atoms with Crippen LogP contribution >= 0.6 is 11.3 Å². The van der Waals surface area contributed by atoms with Crippen LogP contribution in [0.3, 0.4) is 0 Å². The summed E-state index contributed by atoms with van der Waals surface area (Å²) in [5.41, 5.74) is 9.35. The van der Waals surface area contributed by atoms with E-state index in [9.17, 15) is 4.79 Å². The van der Waals surface area contributed by atoms with Crippen molar-refractivity contribution in [2.45, 2.75) is 13.5 Å². The molecule has 1 aromatic carbocycles. The summed E-state index contributed by atoms with van der Waals surface area (Å²) in [6, 6.07) is 7.51. The van der Waals surface area contributed by atoms with Gasteiger partial charge in [-0.3, -0.25) is 4.79 Å². The number of thiophene rings is 1. The molecule has 4 nitrogen and oxygen atoms in total. The van der Waals surface area contributed by atoms with Crippen molar-refractivity contribution < 1.29 is 4.79 Å². The third kappa shape index (κ3) is 3.06. The van der Waals surface area contributed by atoms with Crippen molar-refractivity contribution in [3.63, 3.8) is 0 Å². The molecule has 5 heteroatoms. The maximum atomic E-state index is 11.6. The largest absolute Gasteiger partial charge is 0.398 e. The predicted molar refractivity (Wildman–Crippen MR) is 80.6 cm³/mol. The Bertz CT molecular complexity index is 592. The van der Waals surface area contributed by atoms with Gasteiger partial charge in [-0.2, -0.15) is 0 Å². The van der Waals surface area contributed by atoms with Gasteiger partial charge in [0.2, 0.25) is 0 Å². The van der Waals surface area contributed by atoms with E-state index < -0.39 is 0 Å². The highest BCUT2D eigenvalue weighted by molar-refractivity contribution is 7.10. The Balaban J connectivity index is 2.15. The summed E-state index contributed by atoms with van der Waals surface area (Å²) in [6.45, 7) is 2.68. The fourth-order valence-electron chi connectivity index (χ4n) is 1.77. The number of aryl methyl sites for hydroxylation is 1. The van der Waals surface area contributed by atoms with Crippen molar-refractivity contribution >= 4 is 28.6 Å². The Morgan fingerprint density at radius 2 is 2.16 bits per heavy atom. The van der Waals surface area contributed by atoms with E-state index in [0.717, 1.165) is 21.8 Å². The molecule has 0 fully saturated rings. The number of benzene rings is 1. The van der Waals surface area contributed by atoms with Crippen molar-refractivity contribution in [2.24, 2.45) is 0 Å². The molecular weight excluding hydrogens is 258 g/mol. The molecule has 19 heavy (non-hydrogen) atoms. The molecule has 0 aliphatic rings. The number of carbonyl (C=O) groups excluding carboxylic acids is 1. The molecule has 2 aromatic rings. The number of hydrogen-bond acceptors (Lipinski definition) is 4. The Labute approximate surface area is 116 Å². The first-order valence-corrected chi connectivity index (χ1v) is 6.88. The zero-order valence-corrected chi connectivity index (χ0v) is 11.8. The second-order valence-electron chi connectivity index (χ2n) is 4.26. The van der Waals surface area contributed by atoms with Gasteiger partial charge in [-0.25, -0.2) is 0 Å². The Kier molecular flexibility index (Phi) is 4.06. The molecule has 0 unspecified atom stereocenters. The lowest BCUT2D eigenvalue weighted by Crippen LogP contribution is -2.18. The van der Waals surface area contributed by atoms with E-state index in [4.69, 9.17) is 5.73 Å². The first kappa shape index (κ1) is 13.4. The van der Waals surface area contributed by atoms with E-state index in [-0.39, 0.29) is 5.91 Å². The minimum Gasteiger partial charge on any atom is -0.398 e. The summed E-state index contributed by atoms with van der Waals surface area (Å²) in [6.07, 6.45) is 0. The maximum absolute atomic E-state index is 11.6. The summed E-state index contributed by atoms with van der Waals surface area (Å²) >= 11 is 1.62. The minimum atomic E-state index is -0.0845. The topological polar surface area (TPSA) is 67.2 Å². The summed E-state index contributed by atoms with van der Waals surface area (Å²) < 4.78 is 0. The Morgan fingerprint density at radius 3 is 2.79 bits per heavy atom. The van der Waals surface area contributed by atoms with Crippen molar-refractivity contribution in [3.05, 3.63) is 45.6 Å². The SMILES string of the molecule is CNC(=O)c1ccc(C)c(NCc2sccc2N)c1. The third-order valence-corrected chi connectivity index (χ3v) is 3.88. The number of carbonyl (C=O) groups is 1. The van der Waals surface area contributed by atoms with Crippen LogP contribution in [0.25, 0.3) is 0 Å². The lowest BCUT2D eigenvalue weighted by molar-refractivity contribution is 0.0963. The second-order valence-corrected chi connectivity index (χ2v) is 5.26. The highest BCUT2D eigenvalue weighted by Gasteiger charge is 2.07. The first-order chi connectivity index (χ1) is 9.11. The van der Waals surface area contributed by atoms with E-state index in [2.05, 4.69) is 10.6 Å².